The lowest BCUT2D eigenvalue weighted by Crippen LogP contribution is -2.16. The number of rotatable bonds is 5. The fourth-order valence-electron chi connectivity index (χ4n) is 1.31. The third-order valence-corrected chi connectivity index (χ3v) is 4.23. The molecule has 90 valence electrons. The number of hydrogen-bond acceptors (Lipinski definition) is 4. The lowest BCUT2D eigenvalue weighted by Gasteiger charge is -2.09. The van der Waals surface area contributed by atoms with Crippen LogP contribution >= 0.6 is 0 Å². The maximum absolute atomic E-state index is 11.8. The van der Waals surface area contributed by atoms with Gasteiger partial charge in [0.25, 0.3) is 0 Å². The van der Waals surface area contributed by atoms with E-state index >= 15 is 0 Å². The molecule has 1 aromatic carbocycles. The molecule has 0 aliphatic rings. The molecule has 0 amide bonds. The Morgan fingerprint density at radius 2 is 1.88 bits per heavy atom. The summed E-state index contributed by atoms with van der Waals surface area (Å²) >= 11 is 0. The zero-order valence-electron chi connectivity index (χ0n) is 9.38. The average molecular weight is 244 g/mol. The molecule has 0 radical (unpaired) electrons. The number of aliphatic hydroxyl groups excluding tert-OH is 1. The zero-order valence-corrected chi connectivity index (χ0v) is 10.2. The van der Waals surface area contributed by atoms with Crippen LogP contribution in [0.2, 0.25) is 0 Å². The number of benzene rings is 1. The van der Waals surface area contributed by atoms with Crippen molar-refractivity contribution < 1.29 is 18.3 Å². The van der Waals surface area contributed by atoms with E-state index in [1.54, 1.807) is 19.1 Å². The summed E-state index contributed by atoms with van der Waals surface area (Å²) in [6, 6.07) is 6.24. The van der Waals surface area contributed by atoms with Crippen molar-refractivity contribution in [1.29, 1.82) is 0 Å². The first-order valence-corrected chi connectivity index (χ1v) is 6.62. The van der Waals surface area contributed by atoms with Gasteiger partial charge in [-0.25, -0.2) is 8.42 Å². The average Bonchev–Trinajstić information content (AvgIpc) is 2.28. The van der Waals surface area contributed by atoms with Crippen LogP contribution in [-0.2, 0) is 9.84 Å². The largest absolute Gasteiger partial charge is 0.497 e. The zero-order chi connectivity index (χ0) is 12.2. The van der Waals surface area contributed by atoms with Crippen LogP contribution in [-0.4, -0.2) is 33.0 Å². The lowest BCUT2D eigenvalue weighted by atomic mass is 10.2. The van der Waals surface area contributed by atoms with Crippen molar-refractivity contribution in [1.82, 2.24) is 0 Å². The molecule has 0 bridgehead atoms. The van der Waals surface area contributed by atoms with Crippen LogP contribution in [0.4, 0.5) is 0 Å². The Balaban J connectivity index is 2.90. The molecule has 0 unspecified atom stereocenters. The summed E-state index contributed by atoms with van der Waals surface area (Å²) in [5, 5.41) is 8.84. The van der Waals surface area contributed by atoms with Crippen molar-refractivity contribution in [3.63, 3.8) is 0 Å². The third kappa shape index (κ3) is 3.21. The van der Waals surface area contributed by atoms with E-state index in [4.69, 9.17) is 9.84 Å². The molecule has 1 N–H and O–H groups in total. The topological polar surface area (TPSA) is 63.6 Å². The normalized spacial score (nSPS) is 13.4. The Labute approximate surface area is 95.8 Å². The minimum atomic E-state index is -3.31. The second-order valence-corrected chi connectivity index (χ2v) is 5.78. The van der Waals surface area contributed by atoms with Gasteiger partial charge in [0.1, 0.15) is 5.75 Å². The fourth-order valence-corrected chi connectivity index (χ4v) is 2.90. The van der Waals surface area contributed by atoms with Crippen molar-refractivity contribution >= 4 is 9.84 Å². The predicted molar refractivity (Wildman–Crippen MR) is 61.3 cm³/mol. The smallest absolute Gasteiger partial charge is 0.178 e. The van der Waals surface area contributed by atoms with Gasteiger partial charge in [-0.3, -0.25) is 0 Å². The van der Waals surface area contributed by atoms with Gasteiger partial charge in [-0.1, -0.05) is 6.92 Å². The van der Waals surface area contributed by atoms with Crippen LogP contribution in [0, 0.1) is 5.92 Å². The standard InChI is InChI=1S/C11H16O4S/c1-9(7-12)8-16(13,14)11-5-3-10(15-2)4-6-11/h3-6,9,12H,7-8H2,1-2H3/t9-/m0/s1. The molecular formula is C11H16O4S. The van der Waals surface area contributed by atoms with E-state index < -0.39 is 9.84 Å². The van der Waals surface area contributed by atoms with E-state index in [1.165, 1.54) is 19.2 Å². The van der Waals surface area contributed by atoms with Crippen molar-refractivity contribution in [3.8, 4) is 5.75 Å². The summed E-state index contributed by atoms with van der Waals surface area (Å²) in [6.07, 6.45) is 0. The van der Waals surface area contributed by atoms with E-state index in [-0.39, 0.29) is 23.2 Å². The molecule has 1 rings (SSSR count). The SMILES string of the molecule is COc1ccc(S(=O)(=O)C[C@@H](C)CO)cc1. The summed E-state index contributed by atoms with van der Waals surface area (Å²) in [5.74, 6) is 0.316. The molecule has 5 heteroatoms. The highest BCUT2D eigenvalue weighted by Crippen LogP contribution is 2.18. The van der Waals surface area contributed by atoms with Gasteiger partial charge in [0.05, 0.1) is 17.8 Å². The van der Waals surface area contributed by atoms with Gasteiger partial charge in [-0.2, -0.15) is 0 Å². The Hall–Kier alpha value is -1.07. The van der Waals surface area contributed by atoms with Gasteiger partial charge < -0.3 is 9.84 Å². The molecule has 1 aromatic rings. The van der Waals surface area contributed by atoms with Gasteiger partial charge in [-0.15, -0.1) is 0 Å². The molecule has 0 aliphatic carbocycles. The fraction of sp³-hybridized carbons (Fsp3) is 0.455. The van der Waals surface area contributed by atoms with E-state index in [0.29, 0.717) is 5.75 Å². The molecule has 1 atom stereocenters. The Morgan fingerprint density at radius 3 is 2.31 bits per heavy atom. The van der Waals surface area contributed by atoms with E-state index in [1.807, 2.05) is 0 Å². The lowest BCUT2D eigenvalue weighted by molar-refractivity contribution is 0.249. The molecule has 0 fully saturated rings. The van der Waals surface area contributed by atoms with Gasteiger partial charge in [0.2, 0.25) is 0 Å². The number of ether oxygens (including phenoxy) is 1. The van der Waals surface area contributed by atoms with Crippen molar-refractivity contribution in [2.75, 3.05) is 19.5 Å². The molecule has 16 heavy (non-hydrogen) atoms. The van der Waals surface area contributed by atoms with Crippen LogP contribution in [0.15, 0.2) is 29.2 Å². The maximum atomic E-state index is 11.8. The third-order valence-electron chi connectivity index (χ3n) is 2.23. The van der Waals surface area contributed by atoms with Crippen molar-refractivity contribution in [3.05, 3.63) is 24.3 Å². The van der Waals surface area contributed by atoms with Crippen molar-refractivity contribution in [2.24, 2.45) is 5.92 Å². The quantitative estimate of drug-likeness (QED) is 0.842. The van der Waals surface area contributed by atoms with E-state index in [9.17, 15) is 8.42 Å². The summed E-state index contributed by atoms with van der Waals surface area (Å²) in [5.41, 5.74) is 0. The first-order chi connectivity index (χ1) is 7.49. The number of sulfone groups is 1. The second kappa shape index (κ2) is 5.32. The van der Waals surface area contributed by atoms with Crippen LogP contribution in [0.25, 0.3) is 0 Å². The van der Waals surface area contributed by atoms with Gasteiger partial charge in [0.15, 0.2) is 9.84 Å². The van der Waals surface area contributed by atoms with Gasteiger partial charge >= 0.3 is 0 Å². The molecule has 0 heterocycles. The highest BCUT2D eigenvalue weighted by Gasteiger charge is 2.17. The monoisotopic (exact) mass is 244 g/mol. The van der Waals surface area contributed by atoms with Crippen LogP contribution < -0.4 is 4.74 Å². The first kappa shape index (κ1) is 13.0. The predicted octanol–water partition coefficient (Wildman–Crippen LogP) is 1.10. The van der Waals surface area contributed by atoms with Crippen molar-refractivity contribution in [2.45, 2.75) is 11.8 Å². The molecule has 0 saturated carbocycles. The van der Waals surface area contributed by atoms with Crippen LogP contribution in [0.5, 0.6) is 5.75 Å². The maximum Gasteiger partial charge on any atom is 0.178 e. The molecule has 0 aliphatic heterocycles. The minimum Gasteiger partial charge on any atom is -0.497 e. The number of aliphatic hydroxyl groups is 1. The first-order valence-electron chi connectivity index (χ1n) is 4.97. The molecule has 4 nitrogen and oxygen atoms in total. The van der Waals surface area contributed by atoms with Crippen LogP contribution in [0.3, 0.4) is 0 Å². The Bertz CT molecular complexity index is 422. The van der Waals surface area contributed by atoms with E-state index in [0.717, 1.165) is 0 Å². The molecule has 0 spiro atoms. The number of methoxy groups -OCH3 is 1. The van der Waals surface area contributed by atoms with Gasteiger partial charge in [0, 0.05) is 6.61 Å². The summed E-state index contributed by atoms with van der Waals surface area (Å²) in [6.45, 7) is 1.57. The second-order valence-electron chi connectivity index (χ2n) is 3.74. The van der Waals surface area contributed by atoms with Crippen LogP contribution in [0.1, 0.15) is 6.92 Å². The molecule has 0 aromatic heterocycles. The van der Waals surface area contributed by atoms with Gasteiger partial charge in [-0.05, 0) is 30.2 Å². The Morgan fingerprint density at radius 1 is 1.31 bits per heavy atom. The highest BCUT2D eigenvalue weighted by molar-refractivity contribution is 7.91. The highest BCUT2D eigenvalue weighted by atomic mass is 32.2. The minimum absolute atomic E-state index is 0.0458. The molecular weight excluding hydrogens is 228 g/mol. The van der Waals surface area contributed by atoms with E-state index in [2.05, 4.69) is 0 Å². The Kier molecular flexibility index (Phi) is 4.32. The number of hydrogen-bond donors (Lipinski definition) is 1. The molecule has 0 saturated heterocycles. The summed E-state index contributed by atoms with van der Waals surface area (Å²) < 4.78 is 28.6. The summed E-state index contributed by atoms with van der Waals surface area (Å²) in [7, 11) is -1.79. The summed E-state index contributed by atoms with van der Waals surface area (Å²) in [4.78, 5) is 0.258.